The lowest BCUT2D eigenvalue weighted by atomic mass is 9.77. The lowest BCUT2D eigenvalue weighted by molar-refractivity contribution is -0.166. The molecule has 1 atom stereocenters. The predicted octanol–water partition coefficient (Wildman–Crippen LogP) is 6.30. The van der Waals surface area contributed by atoms with Gasteiger partial charge in [-0.2, -0.15) is 0 Å². The molecule has 0 radical (unpaired) electrons. The number of cyclic esters (lactones) is 1. The molecule has 188 valence electrons. The van der Waals surface area contributed by atoms with Gasteiger partial charge >= 0.3 is 5.97 Å². The van der Waals surface area contributed by atoms with Crippen molar-refractivity contribution in [2.24, 2.45) is 5.92 Å². The maximum Gasteiger partial charge on any atom is 0.349 e. The van der Waals surface area contributed by atoms with Gasteiger partial charge in [-0.05, 0) is 73.2 Å². The first kappa shape index (κ1) is 24.7. The molecule has 2 aliphatic rings. The van der Waals surface area contributed by atoms with E-state index in [1.54, 1.807) is 18.0 Å². The van der Waals surface area contributed by atoms with Crippen LogP contribution >= 0.6 is 23.4 Å². The maximum atomic E-state index is 13.3. The van der Waals surface area contributed by atoms with Crippen LogP contribution < -0.4 is 4.74 Å². The number of aliphatic hydroxyl groups excluding tert-OH is 1. The zero-order valence-electron chi connectivity index (χ0n) is 20.0. The largest absolute Gasteiger partial charge is 0.511 e. The molecule has 2 heterocycles. The van der Waals surface area contributed by atoms with Crippen LogP contribution in [0.25, 0.3) is 5.69 Å². The molecule has 1 aliphatic heterocycles. The minimum atomic E-state index is -0.749. The Morgan fingerprint density at radius 1 is 1.22 bits per heavy atom. The van der Waals surface area contributed by atoms with Crippen molar-refractivity contribution in [1.82, 2.24) is 14.8 Å². The summed E-state index contributed by atoms with van der Waals surface area (Å²) in [5.74, 6) is 0.377. The third kappa shape index (κ3) is 4.97. The second-order valence-electron chi connectivity index (χ2n) is 9.28. The highest BCUT2D eigenvalue weighted by molar-refractivity contribution is 8.03. The third-order valence-corrected chi connectivity index (χ3v) is 8.47. The summed E-state index contributed by atoms with van der Waals surface area (Å²) in [5, 5.41) is 20.4. The summed E-state index contributed by atoms with van der Waals surface area (Å²) in [5.41, 5.74) is 1.16. The molecule has 36 heavy (non-hydrogen) atoms. The van der Waals surface area contributed by atoms with Gasteiger partial charge in [0.1, 0.15) is 28.3 Å². The van der Waals surface area contributed by atoms with Crippen molar-refractivity contribution in [3.8, 4) is 11.4 Å². The van der Waals surface area contributed by atoms with Crippen LogP contribution in [-0.4, -0.2) is 38.6 Å². The van der Waals surface area contributed by atoms with Gasteiger partial charge in [-0.25, -0.2) is 4.79 Å². The predicted molar refractivity (Wildman–Crippen MR) is 139 cm³/mol. The topological polar surface area (TPSA) is 86.5 Å². The molecule has 1 N–H and O–H groups in total. The number of para-hydroxylation sites is 1. The van der Waals surface area contributed by atoms with Crippen LogP contribution in [0.2, 0.25) is 5.02 Å². The third-order valence-electron chi connectivity index (χ3n) is 7.11. The molecule has 0 bridgehead atoms. The van der Waals surface area contributed by atoms with Crippen LogP contribution in [0.15, 0.2) is 70.7 Å². The van der Waals surface area contributed by atoms with Gasteiger partial charge in [0.05, 0.1) is 12.1 Å². The number of aliphatic hydroxyl groups is 1. The Kier molecular flexibility index (Phi) is 7.25. The average molecular weight is 526 g/mol. The molecule has 1 fully saturated rings. The summed E-state index contributed by atoms with van der Waals surface area (Å²) < 4.78 is 13.3. The molecule has 5 rings (SSSR count). The van der Waals surface area contributed by atoms with E-state index in [4.69, 9.17) is 21.1 Å². The van der Waals surface area contributed by atoms with E-state index in [0.717, 1.165) is 48.7 Å². The number of carbonyl (C=O) groups is 1. The zero-order valence-corrected chi connectivity index (χ0v) is 21.6. The fourth-order valence-corrected chi connectivity index (χ4v) is 6.36. The van der Waals surface area contributed by atoms with Crippen molar-refractivity contribution in [2.45, 2.75) is 55.7 Å². The van der Waals surface area contributed by atoms with Crippen LogP contribution in [0.5, 0.6) is 5.75 Å². The minimum absolute atomic E-state index is 0.0542. The van der Waals surface area contributed by atoms with Crippen LogP contribution in [0.3, 0.4) is 0 Å². The smallest absolute Gasteiger partial charge is 0.349 e. The highest BCUT2D eigenvalue weighted by Gasteiger charge is 2.48. The van der Waals surface area contributed by atoms with Crippen LogP contribution in [0.1, 0.15) is 44.1 Å². The van der Waals surface area contributed by atoms with Crippen LogP contribution in [0, 0.1) is 5.92 Å². The summed E-state index contributed by atoms with van der Waals surface area (Å²) in [7, 11) is 1.59. The van der Waals surface area contributed by atoms with Crippen LogP contribution in [0.4, 0.5) is 0 Å². The number of hydrogen-bond acceptors (Lipinski definition) is 7. The Hall–Kier alpha value is -2.97. The normalized spacial score (nSPS) is 20.6. The van der Waals surface area contributed by atoms with E-state index in [2.05, 4.69) is 10.2 Å². The number of thioether (sulfide) groups is 1. The molecule has 2 aromatic carbocycles. The number of aromatic nitrogens is 3. The lowest BCUT2D eigenvalue weighted by Gasteiger charge is -2.41. The number of methoxy groups -OCH3 is 1. The molecule has 0 saturated heterocycles. The average Bonchev–Trinajstić information content (AvgIpc) is 3.59. The van der Waals surface area contributed by atoms with E-state index in [-0.39, 0.29) is 23.0 Å². The van der Waals surface area contributed by atoms with Crippen molar-refractivity contribution in [1.29, 1.82) is 0 Å². The van der Waals surface area contributed by atoms with E-state index in [0.29, 0.717) is 28.8 Å². The fourth-order valence-electron chi connectivity index (χ4n) is 5.24. The van der Waals surface area contributed by atoms with E-state index in [9.17, 15) is 9.90 Å². The summed E-state index contributed by atoms with van der Waals surface area (Å²) >= 11 is 7.42. The van der Waals surface area contributed by atoms with E-state index in [1.165, 1.54) is 0 Å². The lowest BCUT2D eigenvalue weighted by Crippen LogP contribution is -2.45. The Balaban J connectivity index is 1.39. The van der Waals surface area contributed by atoms with E-state index < -0.39 is 11.6 Å². The second kappa shape index (κ2) is 10.6. The van der Waals surface area contributed by atoms with Gasteiger partial charge in [-0.3, -0.25) is 4.57 Å². The number of halogens is 1. The van der Waals surface area contributed by atoms with Crippen molar-refractivity contribution in [2.75, 3.05) is 7.11 Å². The van der Waals surface area contributed by atoms with E-state index in [1.807, 2.05) is 48.5 Å². The standard InChI is InChI=1S/C27H28ClN3O4S/c1-34-23-12-11-18(15-21(23)28)13-14-27(19-7-5-6-8-19)16-22(32)24(25(33)35-27)36-26-30-29-17-31(26)20-9-3-2-4-10-20/h2-4,9-12,15,17,19,32H,5-8,13-14,16H2,1H3. The molecule has 7 nitrogen and oxygen atoms in total. The number of hydrogen-bond donors (Lipinski definition) is 1. The second-order valence-corrected chi connectivity index (χ2v) is 10.7. The molecule has 1 aliphatic carbocycles. The Bertz CT molecular complexity index is 1270. The highest BCUT2D eigenvalue weighted by atomic mass is 35.5. The van der Waals surface area contributed by atoms with Crippen LogP contribution in [-0.2, 0) is 16.0 Å². The zero-order chi connectivity index (χ0) is 25.1. The number of benzene rings is 2. The number of rotatable bonds is 8. The summed E-state index contributed by atoms with van der Waals surface area (Å²) in [6, 6.07) is 15.3. The number of ether oxygens (including phenoxy) is 2. The SMILES string of the molecule is COc1ccc(CCC2(C3CCCC3)CC(O)=C(Sc3nncn3-c3ccccc3)C(=O)O2)cc1Cl. The number of esters is 1. The number of carbonyl (C=O) groups excluding carboxylic acids is 1. The van der Waals surface area contributed by atoms with Crippen molar-refractivity contribution in [3.05, 3.63) is 76.1 Å². The van der Waals surface area contributed by atoms with Gasteiger partial charge in [0, 0.05) is 12.1 Å². The summed E-state index contributed by atoms with van der Waals surface area (Å²) in [4.78, 5) is 13.5. The van der Waals surface area contributed by atoms with Crippen molar-refractivity contribution >= 4 is 29.3 Å². The molecular formula is C27H28ClN3O4S. The van der Waals surface area contributed by atoms with Gasteiger partial charge in [0.15, 0.2) is 0 Å². The van der Waals surface area contributed by atoms with Gasteiger partial charge in [0.2, 0.25) is 5.16 Å². The molecule has 0 spiro atoms. The molecule has 1 unspecified atom stereocenters. The fraction of sp³-hybridized carbons (Fsp3) is 0.370. The van der Waals surface area contributed by atoms with Gasteiger partial charge in [-0.15, -0.1) is 10.2 Å². The Labute approximate surface area is 219 Å². The maximum absolute atomic E-state index is 13.3. The van der Waals surface area contributed by atoms with Gasteiger partial charge < -0.3 is 14.6 Å². The molecular weight excluding hydrogens is 498 g/mol. The summed E-state index contributed by atoms with van der Waals surface area (Å²) in [6.07, 6.45) is 7.32. The Morgan fingerprint density at radius 2 is 2.00 bits per heavy atom. The van der Waals surface area contributed by atoms with Crippen molar-refractivity contribution in [3.63, 3.8) is 0 Å². The van der Waals surface area contributed by atoms with Gasteiger partial charge in [0.25, 0.3) is 0 Å². The Morgan fingerprint density at radius 3 is 2.69 bits per heavy atom. The first-order valence-electron chi connectivity index (χ1n) is 12.1. The monoisotopic (exact) mass is 525 g/mol. The van der Waals surface area contributed by atoms with E-state index >= 15 is 0 Å². The quantitative estimate of drug-likeness (QED) is 0.345. The molecule has 1 aromatic heterocycles. The first-order valence-corrected chi connectivity index (χ1v) is 13.3. The molecule has 3 aromatic rings. The summed E-state index contributed by atoms with van der Waals surface area (Å²) in [6.45, 7) is 0. The number of nitrogens with zero attached hydrogens (tertiary/aromatic N) is 3. The minimum Gasteiger partial charge on any atom is -0.511 e. The molecule has 9 heteroatoms. The first-order chi connectivity index (χ1) is 17.5. The number of aryl methyl sites for hydroxylation is 1. The molecule has 0 amide bonds. The van der Waals surface area contributed by atoms with Gasteiger partial charge in [-0.1, -0.05) is 48.7 Å². The molecule has 1 saturated carbocycles. The highest BCUT2D eigenvalue weighted by Crippen LogP contribution is 2.48. The van der Waals surface area contributed by atoms with Crippen molar-refractivity contribution < 1.29 is 19.4 Å².